The Morgan fingerprint density at radius 3 is 1.96 bits per heavy atom. The Balaban J connectivity index is 0.000000175. The summed E-state index contributed by atoms with van der Waals surface area (Å²) >= 11 is 5.65. The molecule has 0 unspecified atom stereocenters. The lowest BCUT2D eigenvalue weighted by atomic mass is 10.0. The van der Waals surface area contributed by atoms with E-state index in [1.165, 1.54) is 51.4 Å². The molecule has 2 aliphatic rings. The molecule has 1 aliphatic heterocycles. The third-order valence-corrected chi connectivity index (χ3v) is 3.91. The van der Waals surface area contributed by atoms with Crippen molar-refractivity contribution >= 4 is 22.6 Å². The largest absolute Gasteiger partial charge is 0.400 e. The number of hydrogen-bond acceptors (Lipinski definition) is 3. The zero-order valence-corrected chi connectivity index (χ0v) is 14.8. The Morgan fingerprint density at radius 2 is 1.48 bits per heavy atom. The van der Waals surface area contributed by atoms with Crippen LogP contribution < -0.4 is 0 Å². The van der Waals surface area contributed by atoms with Crippen molar-refractivity contribution in [1.29, 1.82) is 0 Å². The Labute approximate surface area is 144 Å². The second kappa shape index (κ2) is 13.3. The molecule has 130 valence electrons. The molecule has 4 rings (SSSR count). The van der Waals surface area contributed by atoms with Crippen LogP contribution in [0.1, 0.15) is 51.4 Å². The summed E-state index contributed by atoms with van der Waals surface area (Å²) in [5, 5.41) is 7.53. The highest BCUT2D eigenvalue weighted by atomic mass is 35.5. The van der Waals surface area contributed by atoms with Gasteiger partial charge in [0.15, 0.2) is 0 Å². The number of halogens is 1. The van der Waals surface area contributed by atoms with Crippen LogP contribution in [0.25, 0.3) is 11.0 Å². The van der Waals surface area contributed by atoms with E-state index in [4.69, 9.17) is 21.4 Å². The molecule has 2 aromatic rings. The Kier molecular flexibility index (Phi) is 11.6. The molecule has 0 aromatic carbocycles. The molecule has 0 atom stereocenters. The third-order valence-electron chi connectivity index (χ3n) is 3.70. The van der Waals surface area contributed by atoms with Crippen LogP contribution in [-0.2, 0) is 4.74 Å². The number of aromatic nitrogens is 2. The van der Waals surface area contributed by atoms with Crippen molar-refractivity contribution in [1.82, 2.24) is 9.97 Å². The van der Waals surface area contributed by atoms with Crippen LogP contribution >= 0.6 is 11.6 Å². The molecule has 3 heterocycles. The first-order valence-corrected chi connectivity index (χ1v) is 8.86. The van der Waals surface area contributed by atoms with E-state index in [1.54, 1.807) is 6.07 Å². The quantitative estimate of drug-likeness (QED) is 0.666. The number of hydrogen-bond donors (Lipinski definition) is 2. The standard InChI is InChI=1S/C7H5ClN2.C6H12.C4H8O.CH4O/c8-7-2-1-5-6(10-7)3-4-9-5;1-2-4-6-5-3-1;1-2-4-5-3-1;1-2/h1-4,9H;1-6H2;1-4H2;2H,1H3. The van der Waals surface area contributed by atoms with Gasteiger partial charge in [0.25, 0.3) is 0 Å². The minimum atomic E-state index is 0.534. The number of nitrogens with one attached hydrogen (secondary N) is 1. The average molecular weight is 341 g/mol. The average Bonchev–Trinajstić information content (AvgIpc) is 3.33. The monoisotopic (exact) mass is 340 g/mol. The van der Waals surface area contributed by atoms with Gasteiger partial charge in [-0.25, -0.2) is 4.98 Å². The predicted molar refractivity (Wildman–Crippen MR) is 97.0 cm³/mol. The van der Waals surface area contributed by atoms with Gasteiger partial charge in [-0.1, -0.05) is 50.1 Å². The summed E-state index contributed by atoms with van der Waals surface area (Å²) in [5.74, 6) is 0. The van der Waals surface area contributed by atoms with Crippen molar-refractivity contribution < 1.29 is 9.84 Å². The number of ether oxygens (including phenoxy) is 1. The molecule has 2 fully saturated rings. The maximum absolute atomic E-state index is 7.00. The van der Waals surface area contributed by atoms with Crippen LogP contribution in [0.2, 0.25) is 5.15 Å². The number of aliphatic hydroxyl groups excluding tert-OH is 1. The number of rotatable bonds is 0. The first-order valence-electron chi connectivity index (χ1n) is 8.48. The van der Waals surface area contributed by atoms with E-state index < -0.39 is 0 Å². The molecule has 0 spiro atoms. The summed E-state index contributed by atoms with van der Waals surface area (Å²) in [6.07, 6.45) is 13.4. The van der Waals surface area contributed by atoms with Crippen molar-refractivity contribution in [3.8, 4) is 0 Å². The fraction of sp³-hybridized carbons (Fsp3) is 0.611. The third kappa shape index (κ3) is 8.94. The van der Waals surface area contributed by atoms with Gasteiger partial charge in [0.05, 0.1) is 11.0 Å². The predicted octanol–water partition coefficient (Wildman–Crippen LogP) is 4.96. The summed E-state index contributed by atoms with van der Waals surface area (Å²) in [6.45, 7) is 2.00. The van der Waals surface area contributed by atoms with E-state index in [1.807, 2.05) is 18.3 Å². The van der Waals surface area contributed by atoms with Crippen molar-refractivity contribution in [3.05, 3.63) is 29.5 Å². The molecule has 2 aromatic heterocycles. The Morgan fingerprint density at radius 1 is 0.913 bits per heavy atom. The molecule has 1 saturated carbocycles. The van der Waals surface area contributed by atoms with E-state index in [0.29, 0.717) is 5.15 Å². The van der Waals surface area contributed by atoms with Crippen molar-refractivity contribution in [2.75, 3.05) is 20.3 Å². The first-order chi connectivity index (χ1) is 11.4. The number of H-pyrrole nitrogens is 1. The lowest BCUT2D eigenvalue weighted by Crippen LogP contribution is -1.85. The topological polar surface area (TPSA) is 58.1 Å². The molecular formula is C18H29ClN2O2. The van der Waals surface area contributed by atoms with Gasteiger partial charge < -0.3 is 14.8 Å². The fourth-order valence-electron chi connectivity index (χ4n) is 2.48. The smallest absolute Gasteiger partial charge is 0.129 e. The van der Waals surface area contributed by atoms with Gasteiger partial charge in [-0.05, 0) is 31.0 Å². The summed E-state index contributed by atoms with van der Waals surface area (Å²) in [4.78, 5) is 7.10. The van der Waals surface area contributed by atoms with Gasteiger partial charge in [-0.3, -0.25) is 0 Å². The van der Waals surface area contributed by atoms with Gasteiger partial charge in [0, 0.05) is 26.5 Å². The second-order valence-electron chi connectivity index (χ2n) is 5.49. The number of aliphatic hydroxyl groups is 1. The normalized spacial score (nSPS) is 16.3. The van der Waals surface area contributed by atoms with E-state index in [9.17, 15) is 0 Å². The highest BCUT2D eigenvalue weighted by Gasteiger charge is 1.96. The Hall–Kier alpha value is -1.10. The highest BCUT2D eigenvalue weighted by Crippen LogP contribution is 2.15. The van der Waals surface area contributed by atoms with E-state index >= 15 is 0 Å². The summed E-state index contributed by atoms with van der Waals surface area (Å²) < 4.78 is 4.94. The minimum absolute atomic E-state index is 0.534. The zero-order chi connectivity index (χ0) is 16.8. The number of pyridine rings is 1. The number of nitrogens with zero attached hydrogens (tertiary/aromatic N) is 1. The molecule has 2 N–H and O–H groups in total. The van der Waals surface area contributed by atoms with Crippen LogP contribution in [0.3, 0.4) is 0 Å². The SMILES string of the molecule is C1CCCCC1.C1CCOC1.CO.Clc1ccc2[nH]ccc2n1. The lowest BCUT2D eigenvalue weighted by molar-refractivity contribution is 0.198. The van der Waals surface area contributed by atoms with Gasteiger partial charge in [0.1, 0.15) is 5.15 Å². The molecule has 1 aliphatic carbocycles. The van der Waals surface area contributed by atoms with Crippen LogP contribution in [0, 0.1) is 0 Å². The van der Waals surface area contributed by atoms with Crippen LogP contribution in [0.15, 0.2) is 24.4 Å². The molecule has 4 nitrogen and oxygen atoms in total. The van der Waals surface area contributed by atoms with Gasteiger partial charge in [-0.15, -0.1) is 0 Å². The van der Waals surface area contributed by atoms with Crippen molar-refractivity contribution in [2.45, 2.75) is 51.4 Å². The van der Waals surface area contributed by atoms with Gasteiger partial charge >= 0.3 is 0 Å². The fourth-order valence-corrected chi connectivity index (χ4v) is 2.63. The van der Waals surface area contributed by atoms with Crippen molar-refractivity contribution in [2.24, 2.45) is 0 Å². The second-order valence-corrected chi connectivity index (χ2v) is 5.87. The molecule has 23 heavy (non-hydrogen) atoms. The molecule has 1 saturated heterocycles. The Bertz CT molecular complexity index is 489. The summed E-state index contributed by atoms with van der Waals surface area (Å²) in [7, 11) is 1.00. The molecule has 0 radical (unpaired) electrons. The van der Waals surface area contributed by atoms with Crippen LogP contribution in [-0.4, -0.2) is 35.4 Å². The van der Waals surface area contributed by atoms with Gasteiger partial charge in [0.2, 0.25) is 0 Å². The lowest BCUT2D eigenvalue weighted by Gasteiger charge is -2.05. The highest BCUT2D eigenvalue weighted by molar-refractivity contribution is 6.29. The maximum atomic E-state index is 7.00. The number of aromatic amines is 1. The molecule has 0 bridgehead atoms. The minimum Gasteiger partial charge on any atom is -0.400 e. The van der Waals surface area contributed by atoms with Crippen molar-refractivity contribution in [3.63, 3.8) is 0 Å². The van der Waals surface area contributed by atoms with Crippen LogP contribution in [0.4, 0.5) is 0 Å². The van der Waals surface area contributed by atoms with E-state index in [-0.39, 0.29) is 0 Å². The first kappa shape index (κ1) is 19.9. The molecule has 5 heteroatoms. The summed E-state index contributed by atoms with van der Waals surface area (Å²) in [6, 6.07) is 5.56. The molecule has 0 amide bonds. The van der Waals surface area contributed by atoms with Gasteiger partial charge in [-0.2, -0.15) is 0 Å². The maximum Gasteiger partial charge on any atom is 0.129 e. The number of fused-ring (bicyclic) bond motifs is 1. The zero-order valence-electron chi connectivity index (χ0n) is 14.1. The van der Waals surface area contributed by atoms with Crippen LogP contribution in [0.5, 0.6) is 0 Å². The molecular weight excluding hydrogens is 312 g/mol. The van der Waals surface area contributed by atoms with E-state index in [2.05, 4.69) is 9.97 Å². The van der Waals surface area contributed by atoms with E-state index in [0.717, 1.165) is 31.4 Å². The summed E-state index contributed by atoms with van der Waals surface area (Å²) in [5.41, 5.74) is 1.93.